The molecular weight excluding hydrogens is 358 g/mol. The molecular formula is C18H18ClN3O4. The van der Waals surface area contributed by atoms with Crippen molar-refractivity contribution in [1.82, 2.24) is 9.97 Å². The van der Waals surface area contributed by atoms with Crippen molar-refractivity contribution in [1.29, 1.82) is 0 Å². The number of furan rings is 1. The van der Waals surface area contributed by atoms with Crippen LogP contribution >= 0.6 is 11.6 Å². The van der Waals surface area contributed by atoms with Crippen molar-refractivity contribution in [2.75, 3.05) is 19.0 Å². The summed E-state index contributed by atoms with van der Waals surface area (Å²) >= 11 is 6.16. The number of halogens is 1. The van der Waals surface area contributed by atoms with Gasteiger partial charge in [-0.15, -0.1) is 0 Å². The van der Waals surface area contributed by atoms with Gasteiger partial charge in [-0.25, -0.2) is 14.8 Å². The van der Waals surface area contributed by atoms with E-state index < -0.39 is 5.97 Å². The number of benzene rings is 1. The zero-order chi connectivity index (χ0) is 18.8. The summed E-state index contributed by atoms with van der Waals surface area (Å²) in [4.78, 5) is 20.7. The predicted octanol–water partition coefficient (Wildman–Crippen LogP) is 4.42. The minimum absolute atomic E-state index is 0.256. The monoisotopic (exact) mass is 375 g/mol. The molecule has 0 radical (unpaired) electrons. The Kier molecular flexibility index (Phi) is 4.99. The van der Waals surface area contributed by atoms with Gasteiger partial charge in [0.2, 0.25) is 5.71 Å². The number of aryl methyl sites for hydroxylation is 2. The number of ether oxygens (including phenoxy) is 2. The Hall–Kier alpha value is -2.80. The maximum absolute atomic E-state index is 12.4. The molecule has 2 heterocycles. The van der Waals surface area contributed by atoms with E-state index in [1.54, 1.807) is 27.0 Å². The van der Waals surface area contributed by atoms with Gasteiger partial charge in [-0.1, -0.05) is 11.6 Å². The van der Waals surface area contributed by atoms with Crippen molar-refractivity contribution in [2.45, 2.75) is 20.8 Å². The number of aromatic nitrogens is 2. The highest BCUT2D eigenvalue weighted by Crippen LogP contribution is 2.36. The van der Waals surface area contributed by atoms with E-state index in [0.29, 0.717) is 44.7 Å². The van der Waals surface area contributed by atoms with Crippen LogP contribution in [0.25, 0.3) is 11.1 Å². The highest BCUT2D eigenvalue weighted by Gasteiger charge is 2.24. The molecule has 0 aliphatic heterocycles. The van der Waals surface area contributed by atoms with Gasteiger partial charge in [0.1, 0.15) is 29.2 Å². The molecule has 1 aromatic carbocycles. The van der Waals surface area contributed by atoms with Crippen LogP contribution < -0.4 is 10.1 Å². The van der Waals surface area contributed by atoms with Crippen molar-refractivity contribution in [3.05, 3.63) is 40.4 Å². The largest absolute Gasteiger partial charge is 0.495 e. The molecule has 26 heavy (non-hydrogen) atoms. The smallest absolute Gasteiger partial charge is 0.342 e. The number of fused-ring (bicyclic) bond motifs is 1. The van der Waals surface area contributed by atoms with E-state index in [1.165, 1.54) is 6.33 Å². The number of hydrogen-bond donors (Lipinski definition) is 1. The lowest BCUT2D eigenvalue weighted by atomic mass is 10.1. The van der Waals surface area contributed by atoms with E-state index in [-0.39, 0.29) is 6.61 Å². The summed E-state index contributed by atoms with van der Waals surface area (Å²) in [6, 6.07) is 3.55. The number of anilines is 2. The summed E-state index contributed by atoms with van der Waals surface area (Å²) < 4.78 is 16.1. The van der Waals surface area contributed by atoms with Crippen LogP contribution in [0.4, 0.5) is 11.5 Å². The summed E-state index contributed by atoms with van der Waals surface area (Å²) in [5.41, 5.74) is 2.12. The van der Waals surface area contributed by atoms with Crippen molar-refractivity contribution >= 4 is 40.2 Å². The lowest BCUT2D eigenvalue weighted by Crippen LogP contribution is -2.07. The molecule has 8 heteroatoms. The van der Waals surface area contributed by atoms with Gasteiger partial charge in [0.05, 0.1) is 24.8 Å². The highest BCUT2D eigenvalue weighted by molar-refractivity contribution is 6.31. The van der Waals surface area contributed by atoms with Crippen molar-refractivity contribution < 1.29 is 18.7 Å². The highest BCUT2D eigenvalue weighted by atomic mass is 35.5. The van der Waals surface area contributed by atoms with Crippen LogP contribution in [0, 0.1) is 13.8 Å². The summed E-state index contributed by atoms with van der Waals surface area (Å²) in [7, 11) is 1.55. The van der Waals surface area contributed by atoms with Gasteiger partial charge in [0.25, 0.3) is 0 Å². The van der Waals surface area contributed by atoms with Crippen LogP contribution in [0.1, 0.15) is 28.6 Å². The van der Waals surface area contributed by atoms with Crippen LogP contribution in [0.2, 0.25) is 5.02 Å². The number of nitrogens with one attached hydrogen (secondary N) is 1. The molecule has 0 aliphatic carbocycles. The molecule has 0 bridgehead atoms. The van der Waals surface area contributed by atoms with E-state index in [9.17, 15) is 4.79 Å². The Labute approximate surface area is 155 Å². The second-order valence-electron chi connectivity index (χ2n) is 5.58. The second kappa shape index (κ2) is 7.21. The zero-order valence-corrected chi connectivity index (χ0v) is 15.6. The topological polar surface area (TPSA) is 86.5 Å². The summed E-state index contributed by atoms with van der Waals surface area (Å²) in [6.45, 7) is 5.57. The number of methoxy groups -OCH3 is 1. The molecule has 0 aliphatic rings. The Morgan fingerprint density at radius 2 is 2.08 bits per heavy atom. The van der Waals surface area contributed by atoms with Crippen molar-refractivity contribution in [3.63, 3.8) is 0 Å². The normalized spacial score (nSPS) is 10.8. The average Bonchev–Trinajstić information content (AvgIpc) is 2.95. The lowest BCUT2D eigenvalue weighted by Gasteiger charge is -2.13. The third kappa shape index (κ3) is 3.17. The van der Waals surface area contributed by atoms with Gasteiger partial charge in [-0.2, -0.15) is 0 Å². The van der Waals surface area contributed by atoms with Crippen molar-refractivity contribution in [2.24, 2.45) is 0 Å². The van der Waals surface area contributed by atoms with E-state index >= 15 is 0 Å². The quantitative estimate of drug-likeness (QED) is 0.660. The molecule has 0 unspecified atom stereocenters. The number of rotatable bonds is 5. The first-order valence-electron chi connectivity index (χ1n) is 7.98. The number of nitrogens with zero attached hydrogens (tertiary/aromatic N) is 2. The van der Waals surface area contributed by atoms with Crippen LogP contribution in [0.3, 0.4) is 0 Å². The third-order valence-corrected chi connectivity index (χ3v) is 4.28. The standard InChI is InChI=1S/C18H18ClN3O4/c1-5-25-18(23)14-10(3)26-17-15(14)16(20-8-21-17)22-12-6-9(2)11(19)7-13(12)24-4/h6-8H,5H2,1-4H3,(H,20,21,22). The van der Waals surface area contributed by atoms with Crippen LogP contribution in [0.5, 0.6) is 5.75 Å². The number of esters is 1. The summed E-state index contributed by atoms with van der Waals surface area (Å²) in [6.07, 6.45) is 1.36. The van der Waals surface area contributed by atoms with Gasteiger partial charge in [0, 0.05) is 11.1 Å². The Balaban J connectivity index is 2.15. The first kappa shape index (κ1) is 18.0. The molecule has 0 saturated carbocycles. The first-order valence-corrected chi connectivity index (χ1v) is 8.36. The van der Waals surface area contributed by atoms with Crippen LogP contribution in [-0.2, 0) is 4.74 Å². The van der Waals surface area contributed by atoms with E-state index in [0.717, 1.165) is 5.56 Å². The molecule has 0 saturated heterocycles. The first-order chi connectivity index (χ1) is 12.5. The Bertz CT molecular complexity index is 984. The van der Waals surface area contributed by atoms with Gasteiger partial charge in [-0.05, 0) is 32.4 Å². The fourth-order valence-electron chi connectivity index (χ4n) is 2.65. The SMILES string of the molecule is CCOC(=O)c1c(C)oc2ncnc(Nc3cc(C)c(Cl)cc3OC)c12. The van der Waals surface area contributed by atoms with Crippen molar-refractivity contribution in [3.8, 4) is 5.75 Å². The Morgan fingerprint density at radius 3 is 2.77 bits per heavy atom. The van der Waals surface area contributed by atoms with Gasteiger partial charge in [-0.3, -0.25) is 0 Å². The maximum atomic E-state index is 12.4. The molecule has 0 atom stereocenters. The predicted molar refractivity (Wildman–Crippen MR) is 98.5 cm³/mol. The molecule has 1 N–H and O–H groups in total. The van der Waals surface area contributed by atoms with Crippen LogP contribution in [0.15, 0.2) is 22.9 Å². The zero-order valence-electron chi connectivity index (χ0n) is 14.8. The number of hydrogen-bond acceptors (Lipinski definition) is 7. The molecule has 2 aromatic heterocycles. The van der Waals surface area contributed by atoms with Gasteiger partial charge < -0.3 is 19.2 Å². The van der Waals surface area contributed by atoms with Crippen LogP contribution in [-0.4, -0.2) is 29.7 Å². The van der Waals surface area contributed by atoms with E-state index in [1.807, 2.05) is 13.0 Å². The summed E-state index contributed by atoms with van der Waals surface area (Å²) in [5.74, 6) is 0.891. The van der Waals surface area contributed by atoms with E-state index in [4.69, 9.17) is 25.5 Å². The average molecular weight is 376 g/mol. The molecule has 3 aromatic rings. The fourth-order valence-corrected chi connectivity index (χ4v) is 2.80. The molecule has 7 nitrogen and oxygen atoms in total. The lowest BCUT2D eigenvalue weighted by molar-refractivity contribution is 0.0526. The molecule has 0 spiro atoms. The molecule has 0 fully saturated rings. The minimum atomic E-state index is -0.485. The van der Waals surface area contributed by atoms with E-state index in [2.05, 4.69) is 15.3 Å². The van der Waals surface area contributed by atoms with Gasteiger partial charge in [0.15, 0.2) is 0 Å². The Morgan fingerprint density at radius 1 is 1.31 bits per heavy atom. The number of carbonyl (C=O) groups excluding carboxylic acids is 1. The minimum Gasteiger partial charge on any atom is -0.495 e. The third-order valence-electron chi connectivity index (χ3n) is 3.88. The second-order valence-corrected chi connectivity index (χ2v) is 5.99. The molecule has 3 rings (SSSR count). The van der Waals surface area contributed by atoms with Gasteiger partial charge >= 0.3 is 5.97 Å². The summed E-state index contributed by atoms with van der Waals surface area (Å²) in [5, 5.41) is 4.23. The number of carbonyl (C=O) groups is 1. The fraction of sp³-hybridized carbons (Fsp3) is 0.278. The maximum Gasteiger partial charge on any atom is 0.342 e. The molecule has 136 valence electrons. The molecule has 0 amide bonds.